The Bertz CT molecular complexity index is 443. The average Bonchev–Trinajstić information content (AvgIpc) is 2.87. The normalized spacial score (nSPS) is 19.6. The second-order valence-corrected chi connectivity index (χ2v) is 4.25. The Morgan fingerprint density at radius 3 is 2.88 bits per heavy atom. The summed E-state index contributed by atoms with van der Waals surface area (Å²) in [6, 6.07) is 0. The molecule has 1 fully saturated rings. The Labute approximate surface area is 98.0 Å². The van der Waals surface area contributed by atoms with Crippen molar-refractivity contribution >= 4 is 11.9 Å². The van der Waals surface area contributed by atoms with Gasteiger partial charge in [-0.3, -0.25) is 9.48 Å². The topological polar surface area (TPSA) is 88.3 Å². The minimum atomic E-state index is -1.08. The van der Waals surface area contributed by atoms with Crippen LogP contribution in [0.3, 0.4) is 0 Å². The highest BCUT2D eigenvalue weighted by atomic mass is 16.4. The number of hydrogen-bond donors (Lipinski definition) is 1. The maximum Gasteiger partial charge on any atom is 0.358 e. The molecule has 0 bridgehead atoms. The second kappa shape index (κ2) is 4.52. The third-order valence-corrected chi connectivity index (χ3v) is 2.93. The first-order valence-corrected chi connectivity index (χ1v) is 5.45. The number of carbonyl (C=O) groups excluding carboxylic acids is 1. The van der Waals surface area contributed by atoms with Crippen LogP contribution in [-0.4, -0.2) is 50.0 Å². The smallest absolute Gasteiger partial charge is 0.358 e. The predicted molar refractivity (Wildman–Crippen MR) is 57.3 cm³/mol. The minimum absolute atomic E-state index is 0.0496. The van der Waals surface area contributed by atoms with Gasteiger partial charge in [0.2, 0.25) is 5.91 Å². The number of carboxylic acids is 1. The zero-order valence-electron chi connectivity index (χ0n) is 9.54. The van der Waals surface area contributed by atoms with Crippen molar-refractivity contribution in [2.45, 2.75) is 19.9 Å². The Balaban J connectivity index is 1.93. The van der Waals surface area contributed by atoms with Crippen molar-refractivity contribution in [3.05, 3.63) is 11.9 Å². The van der Waals surface area contributed by atoms with Crippen molar-refractivity contribution in [3.63, 3.8) is 0 Å². The highest BCUT2D eigenvalue weighted by Crippen LogP contribution is 2.17. The average molecular weight is 238 g/mol. The molecule has 1 aromatic heterocycles. The molecular formula is C10H14N4O3. The summed E-state index contributed by atoms with van der Waals surface area (Å²) in [5, 5.41) is 16.0. The molecule has 0 radical (unpaired) electrons. The fraction of sp³-hybridized carbons (Fsp3) is 0.600. The lowest BCUT2D eigenvalue weighted by Crippen LogP contribution is -2.26. The molecule has 1 N–H and O–H groups in total. The summed E-state index contributed by atoms with van der Waals surface area (Å²) in [6.45, 7) is 3.63. The van der Waals surface area contributed by atoms with Crippen LogP contribution in [0.5, 0.6) is 0 Å². The Morgan fingerprint density at radius 2 is 2.35 bits per heavy atom. The minimum Gasteiger partial charge on any atom is -0.476 e. The fourth-order valence-corrected chi connectivity index (χ4v) is 2.02. The number of aromatic carboxylic acids is 1. The molecule has 2 rings (SSSR count). The van der Waals surface area contributed by atoms with E-state index in [4.69, 9.17) is 5.11 Å². The Kier molecular flexibility index (Phi) is 3.08. The largest absolute Gasteiger partial charge is 0.476 e. The van der Waals surface area contributed by atoms with Gasteiger partial charge in [0.05, 0.1) is 6.20 Å². The van der Waals surface area contributed by atoms with Crippen LogP contribution in [0.15, 0.2) is 6.20 Å². The van der Waals surface area contributed by atoms with Gasteiger partial charge >= 0.3 is 5.97 Å². The van der Waals surface area contributed by atoms with Crippen molar-refractivity contribution < 1.29 is 14.7 Å². The van der Waals surface area contributed by atoms with Crippen molar-refractivity contribution in [2.24, 2.45) is 5.92 Å². The number of carboxylic acid groups (broad SMARTS) is 1. The molecule has 0 aromatic carbocycles. The standard InChI is InChI=1S/C10H14N4O3/c1-7(15)13-3-2-8(4-13)5-14-6-9(10(16)17)11-12-14/h6,8H,2-5H2,1H3,(H,16,17)/t8-/m0/s1. The van der Waals surface area contributed by atoms with Crippen LogP contribution in [0.1, 0.15) is 23.8 Å². The Hall–Kier alpha value is -1.92. The molecule has 1 aliphatic rings. The van der Waals surface area contributed by atoms with E-state index in [1.807, 2.05) is 0 Å². The molecule has 92 valence electrons. The van der Waals surface area contributed by atoms with E-state index in [9.17, 15) is 9.59 Å². The van der Waals surface area contributed by atoms with E-state index in [1.165, 1.54) is 10.9 Å². The molecule has 0 unspecified atom stereocenters. The van der Waals surface area contributed by atoms with Crippen LogP contribution in [0, 0.1) is 5.92 Å². The van der Waals surface area contributed by atoms with Crippen LogP contribution in [0.2, 0.25) is 0 Å². The molecule has 0 spiro atoms. The SMILES string of the molecule is CC(=O)N1CC[C@H](Cn2cc(C(=O)O)nn2)C1. The number of carbonyl (C=O) groups is 2. The molecule has 1 aliphatic heterocycles. The van der Waals surface area contributed by atoms with Gasteiger partial charge in [0.25, 0.3) is 0 Å². The van der Waals surface area contributed by atoms with Gasteiger partial charge in [-0.2, -0.15) is 0 Å². The van der Waals surface area contributed by atoms with Gasteiger partial charge in [0.15, 0.2) is 5.69 Å². The zero-order valence-corrected chi connectivity index (χ0v) is 9.54. The quantitative estimate of drug-likeness (QED) is 0.790. The molecule has 1 saturated heterocycles. The predicted octanol–water partition coefficient (Wildman–Crippen LogP) is -0.155. The van der Waals surface area contributed by atoms with Crippen LogP contribution in [-0.2, 0) is 11.3 Å². The van der Waals surface area contributed by atoms with Crippen molar-refractivity contribution in [3.8, 4) is 0 Å². The van der Waals surface area contributed by atoms with Gasteiger partial charge in [-0.1, -0.05) is 5.21 Å². The molecule has 1 atom stereocenters. The van der Waals surface area contributed by atoms with E-state index in [2.05, 4.69) is 10.3 Å². The summed E-state index contributed by atoms with van der Waals surface area (Å²) in [5.41, 5.74) is -0.0496. The molecule has 0 saturated carbocycles. The first-order valence-electron chi connectivity index (χ1n) is 5.45. The molecule has 1 amide bonds. The zero-order chi connectivity index (χ0) is 12.4. The lowest BCUT2D eigenvalue weighted by Gasteiger charge is -2.13. The summed E-state index contributed by atoms with van der Waals surface area (Å²) in [5.74, 6) is -0.674. The molecular weight excluding hydrogens is 224 g/mol. The number of hydrogen-bond acceptors (Lipinski definition) is 4. The summed E-state index contributed by atoms with van der Waals surface area (Å²) < 4.78 is 1.53. The third-order valence-electron chi connectivity index (χ3n) is 2.93. The molecule has 7 heteroatoms. The van der Waals surface area contributed by atoms with Crippen LogP contribution in [0.4, 0.5) is 0 Å². The molecule has 17 heavy (non-hydrogen) atoms. The molecule has 0 aliphatic carbocycles. The lowest BCUT2D eigenvalue weighted by atomic mass is 10.1. The van der Waals surface area contributed by atoms with Crippen molar-refractivity contribution in [2.75, 3.05) is 13.1 Å². The van der Waals surface area contributed by atoms with E-state index in [1.54, 1.807) is 11.8 Å². The maximum atomic E-state index is 11.2. The van der Waals surface area contributed by atoms with Gasteiger partial charge in [-0.25, -0.2) is 4.79 Å². The van der Waals surface area contributed by atoms with E-state index < -0.39 is 5.97 Å². The van der Waals surface area contributed by atoms with E-state index in [0.717, 1.165) is 13.0 Å². The van der Waals surface area contributed by atoms with Crippen molar-refractivity contribution in [1.29, 1.82) is 0 Å². The van der Waals surface area contributed by atoms with E-state index in [-0.39, 0.29) is 11.6 Å². The lowest BCUT2D eigenvalue weighted by molar-refractivity contribution is -0.127. The number of likely N-dealkylation sites (tertiary alicyclic amines) is 1. The third kappa shape index (κ3) is 2.61. The summed E-state index contributed by atoms with van der Waals surface area (Å²) in [4.78, 5) is 23.6. The first-order chi connectivity index (χ1) is 8.06. The monoisotopic (exact) mass is 238 g/mol. The molecule has 7 nitrogen and oxygen atoms in total. The van der Waals surface area contributed by atoms with E-state index in [0.29, 0.717) is 19.0 Å². The summed E-state index contributed by atoms with van der Waals surface area (Å²) in [7, 11) is 0. The fourth-order valence-electron chi connectivity index (χ4n) is 2.02. The number of amides is 1. The van der Waals surface area contributed by atoms with Gasteiger partial charge in [0, 0.05) is 26.6 Å². The van der Waals surface area contributed by atoms with E-state index >= 15 is 0 Å². The van der Waals surface area contributed by atoms with Crippen molar-refractivity contribution in [1.82, 2.24) is 19.9 Å². The van der Waals surface area contributed by atoms with Crippen LogP contribution in [0.25, 0.3) is 0 Å². The molecule has 2 heterocycles. The molecule has 1 aromatic rings. The summed E-state index contributed by atoms with van der Waals surface area (Å²) in [6.07, 6.45) is 2.33. The van der Waals surface area contributed by atoms with Gasteiger partial charge in [-0.05, 0) is 12.3 Å². The maximum absolute atomic E-state index is 11.2. The number of rotatable bonds is 3. The van der Waals surface area contributed by atoms with Gasteiger partial charge < -0.3 is 10.0 Å². The van der Waals surface area contributed by atoms with Gasteiger partial charge in [0.1, 0.15) is 0 Å². The summed E-state index contributed by atoms with van der Waals surface area (Å²) >= 11 is 0. The van der Waals surface area contributed by atoms with Gasteiger partial charge in [-0.15, -0.1) is 5.10 Å². The highest BCUT2D eigenvalue weighted by molar-refractivity contribution is 5.84. The Morgan fingerprint density at radius 1 is 1.59 bits per heavy atom. The highest BCUT2D eigenvalue weighted by Gasteiger charge is 2.24. The van der Waals surface area contributed by atoms with Crippen LogP contribution < -0.4 is 0 Å². The second-order valence-electron chi connectivity index (χ2n) is 4.25. The van der Waals surface area contributed by atoms with Crippen LogP contribution >= 0.6 is 0 Å². The number of nitrogens with zero attached hydrogens (tertiary/aromatic N) is 4. The first kappa shape index (κ1) is 11.6. The number of aromatic nitrogens is 3.